The number of allylic oxidation sites excluding steroid dienone is 2. The molecular formula is C19H16N2O4. The number of aromatic carboxylic acids is 1. The van der Waals surface area contributed by atoms with Crippen molar-refractivity contribution >= 4 is 17.3 Å². The number of carbonyl (C=O) groups is 1. The number of rotatable bonds is 3. The van der Waals surface area contributed by atoms with E-state index in [9.17, 15) is 20.0 Å². The van der Waals surface area contributed by atoms with E-state index in [2.05, 4.69) is 5.32 Å². The van der Waals surface area contributed by atoms with Crippen LogP contribution in [0.3, 0.4) is 0 Å². The van der Waals surface area contributed by atoms with Gasteiger partial charge in [-0.3, -0.25) is 10.1 Å². The molecule has 1 heterocycles. The van der Waals surface area contributed by atoms with Gasteiger partial charge in [0.15, 0.2) is 0 Å². The quantitative estimate of drug-likeness (QED) is 0.500. The molecule has 2 aromatic rings. The van der Waals surface area contributed by atoms with E-state index in [0.29, 0.717) is 11.3 Å². The molecule has 0 saturated carbocycles. The first-order valence-electron chi connectivity index (χ1n) is 8.10. The molecule has 2 N–H and O–H groups in total. The monoisotopic (exact) mass is 336 g/mol. The van der Waals surface area contributed by atoms with E-state index in [0.717, 1.165) is 12.0 Å². The molecule has 2 aromatic carbocycles. The van der Waals surface area contributed by atoms with Gasteiger partial charge in [0.1, 0.15) is 0 Å². The molecule has 25 heavy (non-hydrogen) atoms. The van der Waals surface area contributed by atoms with E-state index in [4.69, 9.17) is 0 Å². The van der Waals surface area contributed by atoms with Crippen LogP contribution in [0.25, 0.3) is 0 Å². The summed E-state index contributed by atoms with van der Waals surface area (Å²) in [4.78, 5) is 22.7. The highest BCUT2D eigenvalue weighted by Gasteiger charge is 2.43. The average molecular weight is 336 g/mol. The molecule has 4 rings (SSSR count). The molecular weight excluding hydrogens is 320 g/mol. The molecule has 0 bridgehead atoms. The van der Waals surface area contributed by atoms with Gasteiger partial charge in [0, 0.05) is 12.0 Å². The zero-order valence-electron chi connectivity index (χ0n) is 13.3. The van der Waals surface area contributed by atoms with Crippen LogP contribution in [0.5, 0.6) is 0 Å². The molecule has 0 spiro atoms. The summed E-state index contributed by atoms with van der Waals surface area (Å²) in [7, 11) is 0. The highest BCUT2D eigenvalue weighted by atomic mass is 16.6. The van der Waals surface area contributed by atoms with Crippen LogP contribution < -0.4 is 5.32 Å². The van der Waals surface area contributed by atoms with Crippen molar-refractivity contribution < 1.29 is 14.8 Å². The Morgan fingerprint density at radius 2 is 1.96 bits per heavy atom. The van der Waals surface area contributed by atoms with E-state index in [1.54, 1.807) is 0 Å². The Balaban J connectivity index is 1.93. The Morgan fingerprint density at radius 3 is 2.64 bits per heavy atom. The predicted octanol–water partition coefficient (Wildman–Crippen LogP) is 4.12. The average Bonchev–Trinajstić information content (AvgIpc) is 3.10. The van der Waals surface area contributed by atoms with Gasteiger partial charge in [-0.25, -0.2) is 4.79 Å². The van der Waals surface area contributed by atoms with E-state index < -0.39 is 10.9 Å². The number of fused-ring (bicyclic) bond motifs is 3. The zero-order chi connectivity index (χ0) is 17.6. The Morgan fingerprint density at radius 1 is 1.20 bits per heavy atom. The third-order valence-corrected chi connectivity index (χ3v) is 5.08. The summed E-state index contributed by atoms with van der Waals surface area (Å²) < 4.78 is 0. The minimum atomic E-state index is -1.09. The molecule has 1 aliphatic heterocycles. The van der Waals surface area contributed by atoms with Crippen LogP contribution in [0, 0.1) is 16.0 Å². The zero-order valence-corrected chi connectivity index (χ0v) is 13.3. The summed E-state index contributed by atoms with van der Waals surface area (Å²) in [5, 5.41) is 24.3. The van der Waals surface area contributed by atoms with Crippen LogP contribution in [0.15, 0.2) is 54.6 Å². The fourth-order valence-corrected chi connectivity index (χ4v) is 4.02. The fraction of sp³-hybridized carbons (Fsp3) is 0.211. The fourth-order valence-electron chi connectivity index (χ4n) is 4.02. The summed E-state index contributed by atoms with van der Waals surface area (Å²) in [6.07, 6.45) is 4.79. The Hall–Kier alpha value is -3.15. The van der Waals surface area contributed by atoms with Crippen LogP contribution in [0.1, 0.15) is 39.9 Å². The molecule has 3 atom stereocenters. The number of carboxylic acid groups (broad SMARTS) is 1. The first-order chi connectivity index (χ1) is 12.1. The molecule has 0 aromatic heterocycles. The van der Waals surface area contributed by atoms with Crippen molar-refractivity contribution in [2.75, 3.05) is 5.32 Å². The first kappa shape index (κ1) is 15.4. The third kappa shape index (κ3) is 2.38. The van der Waals surface area contributed by atoms with Crippen molar-refractivity contribution in [1.82, 2.24) is 0 Å². The van der Waals surface area contributed by atoms with Gasteiger partial charge < -0.3 is 10.4 Å². The van der Waals surface area contributed by atoms with Gasteiger partial charge in [-0.2, -0.15) is 0 Å². The summed E-state index contributed by atoms with van der Waals surface area (Å²) in [5.41, 5.74) is 1.94. The molecule has 0 fully saturated rings. The largest absolute Gasteiger partial charge is 0.478 e. The number of anilines is 1. The van der Waals surface area contributed by atoms with Crippen LogP contribution in [0.4, 0.5) is 11.4 Å². The van der Waals surface area contributed by atoms with Crippen molar-refractivity contribution in [1.29, 1.82) is 0 Å². The maximum Gasteiger partial charge on any atom is 0.337 e. The van der Waals surface area contributed by atoms with Crippen molar-refractivity contribution in [3.63, 3.8) is 0 Å². The van der Waals surface area contributed by atoms with E-state index in [1.807, 2.05) is 42.5 Å². The maximum absolute atomic E-state index is 11.7. The third-order valence-electron chi connectivity index (χ3n) is 5.08. The van der Waals surface area contributed by atoms with Crippen LogP contribution in [-0.4, -0.2) is 16.0 Å². The minimum absolute atomic E-state index is 0.0273. The topological polar surface area (TPSA) is 92.5 Å². The van der Waals surface area contributed by atoms with Gasteiger partial charge in [-0.05, 0) is 24.0 Å². The number of carboxylic acids is 1. The Kier molecular flexibility index (Phi) is 3.53. The second-order valence-corrected chi connectivity index (χ2v) is 6.37. The second kappa shape index (κ2) is 5.73. The smallest absolute Gasteiger partial charge is 0.337 e. The number of hydrogen-bond acceptors (Lipinski definition) is 4. The van der Waals surface area contributed by atoms with Crippen molar-refractivity contribution in [2.45, 2.75) is 18.4 Å². The number of benzene rings is 2. The highest BCUT2D eigenvalue weighted by Crippen LogP contribution is 2.53. The molecule has 2 aliphatic rings. The van der Waals surface area contributed by atoms with Crippen LogP contribution >= 0.6 is 0 Å². The number of nitrogens with zero attached hydrogens (tertiary/aromatic N) is 1. The van der Waals surface area contributed by atoms with E-state index >= 15 is 0 Å². The summed E-state index contributed by atoms with van der Waals surface area (Å²) in [5.74, 6) is -1.13. The number of nitro benzene ring substituents is 1. The van der Waals surface area contributed by atoms with Gasteiger partial charge in [-0.1, -0.05) is 42.5 Å². The van der Waals surface area contributed by atoms with Gasteiger partial charge >= 0.3 is 5.97 Å². The Bertz CT molecular complexity index is 892. The highest BCUT2D eigenvalue weighted by molar-refractivity contribution is 5.97. The molecule has 0 unspecified atom stereocenters. The molecule has 0 radical (unpaired) electrons. The van der Waals surface area contributed by atoms with E-state index in [-0.39, 0.29) is 29.1 Å². The lowest BCUT2D eigenvalue weighted by molar-refractivity contribution is -0.385. The lowest BCUT2D eigenvalue weighted by Crippen LogP contribution is -2.30. The SMILES string of the molecule is O=C(O)c1ccc([N+](=O)[O-])c2c1N[C@@H](c1ccccc1)[C@H]1CC=C[C@@H]21. The molecule has 126 valence electrons. The number of nitro groups is 1. The summed E-state index contributed by atoms with van der Waals surface area (Å²) in [6.45, 7) is 0. The summed E-state index contributed by atoms with van der Waals surface area (Å²) >= 11 is 0. The molecule has 6 heteroatoms. The van der Waals surface area contributed by atoms with Crippen molar-refractivity contribution in [3.8, 4) is 0 Å². The lowest BCUT2D eigenvalue weighted by Gasteiger charge is -2.37. The molecule has 6 nitrogen and oxygen atoms in total. The van der Waals surface area contributed by atoms with Crippen molar-refractivity contribution in [2.24, 2.45) is 5.92 Å². The summed E-state index contributed by atoms with van der Waals surface area (Å²) in [6, 6.07) is 12.3. The van der Waals surface area contributed by atoms with Gasteiger partial charge in [0.2, 0.25) is 0 Å². The van der Waals surface area contributed by atoms with Crippen molar-refractivity contribution in [3.05, 3.63) is 81.4 Å². The predicted molar refractivity (Wildman–Crippen MR) is 92.8 cm³/mol. The Labute approximate surface area is 144 Å². The van der Waals surface area contributed by atoms with E-state index in [1.165, 1.54) is 12.1 Å². The van der Waals surface area contributed by atoms with Gasteiger partial charge in [0.25, 0.3) is 5.69 Å². The minimum Gasteiger partial charge on any atom is -0.478 e. The second-order valence-electron chi connectivity index (χ2n) is 6.37. The standard InChI is InChI=1S/C19H16N2O4/c22-19(23)14-9-10-15(21(24)25)16-12-7-4-8-13(12)17(20-18(14)16)11-5-2-1-3-6-11/h1-7,9-10,12-13,17,20H,8H2,(H,22,23)/t12-,13+,17+/m1/s1. The van der Waals surface area contributed by atoms with Crippen LogP contribution in [-0.2, 0) is 0 Å². The maximum atomic E-state index is 11.7. The van der Waals surface area contributed by atoms with Gasteiger partial charge in [0.05, 0.1) is 27.8 Å². The molecule has 0 saturated heterocycles. The molecule has 1 aliphatic carbocycles. The van der Waals surface area contributed by atoms with Gasteiger partial charge in [-0.15, -0.1) is 0 Å². The van der Waals surface area contributed by atoms with Crippen LogP contribution in [0.2, 0.25) is 0 Å². The normalized spacial score (nSPS) is 23.4. The number of hydrogen-bond donors (Lipinski definition) is 2. The first-order valence-corrected chi connectivity index (χ1v) is 8.10. The lowest BCUT2D eigenvalue weighted by atomic mass is 9.75. The molecule has 0 amide bonds. The number of nitrogens with one attached hydrogen (secondary N) is 1.